The standard InChI is InChI=1S/C21H28N4O/c1-15-5-7-17(8-6-15)20(18-9-10-18)23-21(26)24-11-3-4-19(14-24)25-13-16(2)12-22-25/h5-8,12-13,18-20H,3-4,9-11,14H2,1-2H3,(H,23,26). The molecular weight excluding hydrogens is 324 g/mol. The molecule has 4 rings (SSSR count). The van der Waals surface area contributed by atoms with Crippen molar-refractivity contribution >= 4 is 6.03 Å². The predicted molar refractivity (Wildman–Crippen MR) is 102 cm³/mol. The van der Waals surface area contributed by atoms with Crippen LogP contribution in [0.4, 0.5) is 4.79 Å². The van der Waals surface area contributed by atoms with Gasteiger partial charge in [0.05, 0.1) is 18.3 Å². The van der Waals surface area contributed by atoms with Crippen molar-refractivity contribution in [1.29, 1.82) is 0 Å². The second kappa shape index (κ2) is 7.14. The van der Waals surface area contributed by atoms with Gasteiger partial charge in [0.2, 0.25) is 0 Å². The van der Waals surface area contributed by atoms with E-state index >= 15 is 0 Å². The number of piperidine rings is 1. The summed E-state index contributed by atoms with van der Waals surface area (Å²) in [5.74, 6) is 0.580. The minimum absolute atomic E-state index is 0.0658. The molecule has 2 heterocycles. The van der Waals surface area contributed by atoms with E-state index < -0.39 is 0 Å². The quantitative estimate of drug-likeness (QED) is 0.904. The Bertz CT molecular complexity index is 763. The van der Waals surface area contributed by atoms with E-state index in [2.05, 4.69) is 54.7 Å². The van der Waals surface area contributed by atoms with Crippen molar-refractivity contribution in [3.8, 4) is 0 Å². The third-order valence-corrected chi connectivity index (χ3v) is 5.60. The summed E-state index contributed by atoms with van der Waals surface area (Å²) in [6.45, 7) is 5.71. The summed E-state index contributed by atoms with van der Waals surface area (Å²) in [7, 11) is 0. The molecule has 138 valence electrons. The monoisotopic (exact) mass is 352 g/mol. The van der Waals surface area contributed by atoms with Crippen molar-refractivity contribution in [3.63, 3.8) is 0 Å². The van der Waals surface area contributed by atoms with Gasteiger partial charge in [0.15, 0.2) is 0 Å². The van der Waals surface area contributed by atoms with Crippen molar-refractivity contribution < 1.29 is 4.79 Å². The largest absolute Gasteiger partial charge is 0.331 e. The number of nitrogens with zero attached hydrogens (tertiary/aromatic N) is 3. The lowest BCUT2D eigenvalue weighted by Crippen LogP contribution is -2.47. The zero-order valence-electron chi connectivity index (χ0n) is 15.7. The Morgan fingerprint density at radius 1 is 1.15 bits per heavy atom. The molecule has 2 unspecified atom stereocenters. The lowest BCUT2D eigenvalue weighted by Gasteiger charge is -2.34. The number of carbonyl (C=O) groups excluding carboxylic acids is 1. The number of aromatic nitrogens is 2. The number of likely N-dealkylation sites (tertiary alicyclic amines) is 1. The third-order valence-electron chi connectivity index (χ3n) is 5.60. The van der Waals surface area contributed by atoms with Gasteiger partial charge in [0.1, 0.15) is 0 Å². The summed E-state index contributed by atoms with van der Waals surface area (Å²) in [5.41, 5.74) is 3.64. The van der Waals surface area contributed by atoms with Crippen LogP contribution in [0.5, 0.6) is 0 Å². The van der Waals surface area contributed by atoms with Crippen LogP contribution in [0.3, 0.4) is 0 Å². The van der Waals surface area contributed by atoms with Gasteiger partial charge < -0.3 is 10.2 Å². The first-order chi connectivity index (χ1) is 12.6. The Hall–Kier alpha value is -2.30. The van der Waals surface area contributed by atoms with Crippen LogP contribution < -0.4 is 5.32 Å². The van der Waals surface area contributed by atoms with Crippen LogP contribution in [0.1, 0.15) is 54.5 Å². The van der Waals surface area contributed by atoms with Gasteiger partial charge in [0, 0.05) is 19.3 Å². The van der Waals surface area contributed by atoms with Gasteiger partial charge in [-0.2, -0.15) is 5.10 Å². The van der Waals surface area contributed by atoms with Crippen LogP contribution in [0, 0.1) is 19.8 Å². The lowest BCUT2D eigenvalue weighted by molar-refractivity contribution is 0.159. The molecule has 1 aromatic carbocycles. The Morgan fingerprint density at radius 3 is 2.58 bits per heavy atom. The second-order valence-electron chi connectivity index (χ2n) is 7.92. The Balaban J connectivity index is 1.43. The number of nitrogens with one attached hydrogen (secondary N) is 1. The van der Waals surface area contributed by atoms with Gasteiger partial charge in [-0.3, -0.25) is 4.68 Å². The summed E-state index contributed by atoms with van der Waals surface area (Å²) in [6.07, 6.45) is 8.47. The molecule has 26 heavy (non-hydrogen) atoms. The van der Waals surface area contributed by atoms with E-state index in [0.717, 1.165) is 25.9 Å². The number of urea groups is 1. The fourth-order valence-electron chi connectivity index (χ4n) is 3.89. The molecule has 1 aliphatic carbocycles. The maximum absolute atomic E-state index is 12.9. The maximum Gasteiger partial charge on any atom is 0.317 e. The normalized spacial score (nSPS) is 21.5. The number of hydrogen-bond acceptors (Lipinski definition) is 2. The Labute approximate surface area is 155 Å². The number of rotatable bonds is 4. The fraction of sp³-hybridized carbons (Fsp3) is 0.524. The molecule has 5 nitrogen and oxygen atoms in total. The van der Waals surface area contributed by atoms with E-state index in [9.17, 15) is 4.79 Å². The van der Waals surface area contributed by atoms with E-state index in [4.69, 9.17) is 0 Å². The minimum Gasteiger partial charge on any atom is -0.331 e. The summed E-state index contributed by atoms with van der Waals surface area (Å²) in [4.78, 5) is 14.9. The summed E-state index contributed by atoms with van der Waals surface area (Å²) >= 11 is 0. The van der Waals surface area contributed by atoms with E-state index in [1.165, 1.54) is 29.5 Å². The number of amides is 2. The molecule has 0 spiro atoms. The number of aryl methyl sites for hydroxylation is 2. The fourth-order valence-corrected chi connectivity index (χ4v) is 3.89. The first kappa shape index (κ1) is 17.1. The highest BCUT2D eigenvalue weighted by Crippen LogP contribution is 2.41. The van der Waals surface area contributed by atoms with Gasteiger partial charge in [-0.1, -0.05) is 29.8 Å². The topological polar surface area (TPSA) is 50.2 Å². The van der Waals surface area contributed by atoms with E-state index in [0.29, 0.717) is 5.92 Å². The van der Waals surface area contributed by atoms with Crippen molar-refractivity contribution in [1.82, 2.24) is 20.0 Å². The maximum atomic E-state index is 12.9. The van der Waals surface area contributed by atoms with Crippen LogP contribution in [0.25, 0.3) is 0 Å². The molecule has 0 radical (unpaired) electrons. The van der Waals surface area contributed by atoms with Gasteiger partial charge >= 0.3 is 6.03 Å². The molecule has 1 aromatic heterocycles. The molecular formula is C21H28N4O. The van der Waals surface area contributed by atoms with Gasteiger partial charge in [0.25, 0.3) is 0 Å². The Kier molecular flexibility index (Phi) is 4.70. The number of hydrogen-bond donors (Lipinski definition) is 1. The number of carbonyl (C=O) groups is 1. The molecule has 2 aromatic rings. The average Bonchev–Trinajstić information content (AvgIpc) is 3.41. The zero-order chi connectivity index (χ0) is 18.1. The van der Waals surface area contributed by atoms with Crippen LogP contribution in [0.2, 0.25) is 0 Å². The molecule has 1 saturated carbocycles. The average molecular weight is 352 g/mol. The van der Waals surface area contributed by atoms with Crippen LogP contribution >= 0.6 is 0 Å². The Morgan fingerprint density at radius 2 is 1.92 bits per heavy atom. The van der Waals surface area contributed by atoms with Gasteiger partial charge in [-0.05, 0) is 56.6 Å². The third kappa shape index (κ3) is 3.76. The van der Waals surface area contributed by atoms with E-state index in [1.807, 2.05) is 15.8 Å². The predicted octanol–water partition coefficient (Wildman–Crippen LogP) is 4.00. The molecule has 5 heteroatoms. The zero-order valence-corrected chi connectivity index (χ0v) is 15.7. The van der Waals surface area contributed by atoms with Crippen molar-refractivity contribution in [3.05, 3.63) is 53.3 Å². The second-order valence-corrected chi connectivity index (χ2v) is 7.92. The molecule has 2 amide bonds. The summed E-state index contributed by atoms with van der Waals surface area (Å²) < 4.78 is 2.02. The first-order valence-electron chi connectivity index (χ1n) is 9.73. The van der Waals surface area contributed by atoms with Crippen LogP contribution in [0.15, 0.2) is 36.7 Å². The van der Waals surface area contributed by atoms with Gasteiger partial charge in [-0.15, -0.1) is 0 Å². The van der Waals surface area contributed by atoms with E-state index in [1.54, 1.807) is 0 Å². The molecule has 2 atom stereocenters. The molecule has 1 saturated heterocycles. The smallest absolute Gasteiger partial charge is 0.317 e. The van der Waals surface area contributed by atoms with Crippen molar-refractivity contribution in [2.45, 2.75) is 51.6 Å². The lowest BCUT2D eigenvalue weighted by atomic mass is 10.0. The highest BCUT2D eigenvalue weighted by molar-refractivity contribution is 5.75. The molecule has 2 fully saturated rings. The summed E-state index contributed by atoms with van der Waals surface area (Å²) in [5, 5.41) is 7.77. The van der Waals surface area contributed by atoms with Crippen molar-refractivity contribution in [2.75, 3.05) is 13.1 Å². The first-order valence-corrected chi connectivity index (χ1v) is 9.73. The van der Waals surface area contributed by atoms with Gasteiger partial charge in [-0.25, -0.2) is 4.79 Å². The molecule has 2 aliphatic rings. The van der Waals surface area contributed by atoms with Crippen LogP contribution in [-0.2, 0) is 0 Å². The highest BCUT2D eigenvalue weighted by atomic mass is 16.2. The van der Waals surface area contributed by atoms with Crippen molar-refractivity contribution in [2.24, 2.45) is 5.92 Å². The van der Waals surface area contributed by atoms with Crippen LogP contribution in [-0.4, -0.2) is 33.8 Å². The van der Waals surface area contributed by atoms with E-state index in [-0.39, 0.29) is 18.1 Å². The molecule has 0 bridgehead atoms. The number of benzene rings is 1. The SMILES string of the molecule is Cc1ccc(C(NC(=O)N2CCCC(n3cc(C)cn3)C2)C2CC2)cc1. The molecule has 1 aliphatic heterocycles. The minimum atomic E-state index is 0.0658. The highest BCUT2D eigenvalue weighted by Gasteiger charge is 2.35. The molecule has 1 N–H and O–H groups in total. The summed E-state index contributed by atoms with van der Waals surface area (Å²) in [6, 6.07) is 9.06.